The normalized spacial score (nSPS) is 43.3. The maximum atomic E-state index is 10.3. The summed E-state index contributed by atoms with van der Waals surface area (Å²) in [6, 6.07) is 0. The van der Waals surface area contributed by atoms with Crippen molar-refractivity contribution in [2.24, 2.45) is 23.2 Å². The van der Waals surface area contributed by atoms with E-state index in [1.54, 1.807) is 0 Å². The van der Waals surface area contributed by atoms with Crippen LogP contribution in [0.4, 0.5) is 0 Å². The number of halogens is 1. The van der Waals surface area contributed by atoms with Gasteiger partial charge < -0.3 is 27.0 Å². The van der Waals surface area contributed by atoms with Crippen LogP contribution in [-0.2, 0) is 9.47 Å². The number of hydrogen-bond acceptors (Lipinski definition) is 4. The fourth-order valence-electron chi connectivity index (χ4n) is 6.89. The SMILES string of the molecule is CC1CN(CC(O)COCCC23CC4CC(CC(C4)C2)C3)CC(C)O1.[Cl-]. The lowest BCUT2D eigenvalue weighted by molar-refractivity contribution is -0.0882. The van der Waals surface area contributed by atoms with E-state index >= 15 is 0 Å². The van der Waals surface area contributed by atoms with E-state index in [9.17, 15) is 5.11 Å². The highest BCUT2D eigenvalue weighted by Crippen LogP contribution is 2.61. The van der Waals surface area contributed by atoms with Crippen molar-refractivity contribution in [1.82, 2.24) is 4.90 Å². The van der Waals surface area contributed by atoms with Crippen LogP contribution in [0.1, 0.15) is 58.8 Å². The summed E-state index contributed by atoms with van der Waals surface area (Å²) in [5.74, 6) is 3.05. The Morgan fingerprint density at radius 1 is 1.04 bits per heavy atom. The summed E-state index contributed by atoms with van der Waals surface area (Å²) in [7, 11) is 0. The van der Waals surface area contributed by atoms with Gasteiger partial charge in [0.25, 0.3) is 0 Å². The number of hydrogen-bond donors (Lipinski definition) is 1. The van der Waals surface area contributed by atoms with Gasteiger partial charge in [0.15, 0.2) is 0 Å². The summed E-state index contributed by atoms with van der Waals surface area (Å²) in [6.07, 6.45) is 10.2. The first-order chi connectivity index (χ1) is 12.0. The van der Waals surface area contributed by atoms with E-state index < -0.39 is 0 Å². The molecule has 0 radical (unpaired) electrons. The van der Waals surface area contributed by atoms with Crippen molar-refractivity contribution >= 4 is 0 Å². The average Bonchev–Trinajstić information content (AvgIpc) is 2.49. The summed E-state index contributed by atoms with van der Waals surface area (Å²) < 4.78 is 11.7. The summed E-state index contributed by atoms with van der Waals surface area (Å²) in [5, 5.41) is 10.3. The third-order valence-corrected chi connectivity index (χ3v) is 7.22. The van der Waals surface area contributed by atoms with E-state index in [-0.39, 0.29) is 30.7 Å². The topological polar surface area (TPSA) is 41.9 Å². The summed E-state index contributed by atoms with van der Waals surface area (Å²) >= 11 is 0. The van der Waals surface area contributed by atoms with Crippen LogP contribution in [0, 0.1) is 23.2 Å². The van der Waals surface area contributed by atoms with Crippen molar-refractivity contribution in [3.63, 3.8) is 0 Å². The predicted octanol–water partition coefficient (Wildman–Crippen LogP) is 0.0836. The second-order valence-corrected chi connectivity index (χ2v) is 9.87. The zero-order valence-corrected chi connectivity index (χ0v) is 17.3. The molecule has 1 saturated heterocycles. The third-order valence-electron chi connectivity index (χ3n) is 7.22. The monoisotopic (exact) mass is 386 g/mol. The van der Waals surface area contributed by atoms with Gasteiger partial charge in [-0.15, -0.1) is 0 Å². The molecule has 4 aliphatic carbocycles. The van der Waals surface area contributed by atoms with E-state index in [1.165, 1.54) is 44.9 Å². The lowest BCUT2D eigenvalue weighted by atomic mass is 9.49. The van der Waals surface area contributed by atoms with E-state index in [2.05, 4.69) is 18.7 Å². The van der Waals surface area contributed by atoms with Crippen LogP contribution in [0.15, 0.2) is 0 Å². The quantitative estimate of drug-likeness (QED) is 0.629. The molecule has 4 nitrogen and oxygen atoms in total. The van der Waals surface area contributed by atoms with Crippen LogP contribution >= 0.6 is 0 Å². The first-order valence-corrected chi connectivity index (χ1v) is 10.6. The Hall–Kier alpha value is 0.130. The molecule has 152 valence electrons. The Labute approximate surface area is 165 Å². The molecule has 1 aliphatic heterocycles. The molecule has 1 heterocycles. The molecule has 5 heteroatoms. The Bertz CT molecular complexity index is 415. The molecule has 4 bridgehead atoms. The molecule has 5 aliphatic rings. The zero-order valence-electron chi connectivity index (χ0n) is 16.5. The van der Waals surface area contributed by atoms with Crippen molar-refractivity contribution in [1.29, 1.82) is 0 Å². The van der Waals surface area contributed by atoms with Crippen molar-refractivity contribution < 1.29 is 27.0 Å². The fraction of sp³-hybridized carbons (Fsp3) is 1.00. The number of aliphatic hydroxyl groups excluding tert-OH is 1. The predicted molar refractivity (Wildman–Crippen MR) is 98.5 cm³/mol. The van der Waals surface area contributed by atoms with Gasteiger partial charge in [-0.05, 0) is 82.0 Å². The molecule has 5 fully saturated rings. The molecule has 0 amide bonds. The number of ether oxygens (including phenoxy) is 2. The van der Waals surface area contributed by atoms with Gasteiger partial charge in [0.2, 0.25) is 0 Å². The van der Waals surface area contributed by atoms with Gasteiger partial charge in [0.05, 0.1) is 24.9 Å². The average molecular weight is 387 g/mol. The maximum absolute atomic E-state index is 10.3. The molecule has 3 unspecified atom stereocenters. The van der Waals surface area contributed by atoms with Crippen LogP contribution in [0.2, 0.25) is 0 Å². The summed E-state index contributed by atoms with van der Waals surface area (Å²) in [5.41, 5.74) is 0.592. The Morgan fingerprint density at radius 2 is 1.58 bits per heavy atom. The Balaban J connectivity index is 0.00000196. The standard InChI is InChI=1S/C21H37NO3.ClH/c1-15-11-22(12-16(2)25-15)13-20(23)14-24-4-3-21-8-17-5-18(9-21)7-19(6-17)10-21;/h15-20,23H,3-14H2,1-2H3;1H/p-1. The van der Waals surface area contributed by atoms with E-state index in [4.69, 9.17) is 9.47 Å². The van der Waals surface area contributed by atoms with Crippen LogP contribution in [0.5, 0.6) is 0 Å². The van der Waals surface area contributed by atoms with Crippen molar-refractivity contribution in [2.45, 2.75) is 77.1 Å². The van der Waals surface area contributed by atoms with Crippen molar-refractivity contribution in [3.8, 4) is 0 Å². The van der Waals surface area contributed by atoms with Gasteiger partial charge in [-0.25, -0.2) is 0 Å². The molecule has 0 spiro atoms. The highest BCUT2D eigenvalue weighted by molar-refractivity contribution is 5.01. The van der Waals surface area contributed by atoms with Gasteiger partial charge in [-0.2, -0.15) is 0 Å². The second kappa shape index (κ2) is 8.65. The van der Waals surface area contributed by atoms with Crippen LogP contribution in [0.25, 0.3) is 0 Å². The third kappa shape index (κ3) is 4.94. The number of β-amino-alcohol motifs (C(OH)–C–C–N with tert-alkyl or cyclic N) is 1. The first kappa shape index (κ1) is 20.9. The summed E-state index contributed by atoms with van der Waals surface area (Å²) in [6.45, 7) is 8.05. The van der Waals surface area contributed by atoms with Crippen molar-refractivity contribution in [2.75, 3.05) is 32.8 Å². The van der Waals surface area contributed by atoms with E-state index in [1.807, 2.05) is 0 Å². The minimum atomic E-state index is -0.381. The highest BCUT2D eigenvalue weighted by atomic mass is 35.5. The molecule has 3 atom stereocenters. The molecular weight excluding hydrogens is 350 g/mol. The molecule has 0 aromatic rings. The number of aliphatic hydroxyl groups is 1. The molecule has 1 N–H and O–H groups in total. The van der Waals surface area contributed by atoms with Gasteiger partial charge >= 0.3 is 0 Å². The lowest BCUT2D eigenvalue weighted by Gasteiger charge is -2.57. The maximum Gasteiger partial charge on any atom is 0.0900 e. The summed E-state index contributed by atoms with van der Waals surface area (Å²) in [4.78, 5) is 2.31. The van der Waals surface area contributed by atoms with Crippen LogP contribution in [-0.4, -0.2) is 61.2 Å². The first-order valence-electron chi connectivity index (χ1n) is 10.6. The molecule has 26 heavy (non-hydrogen) atoms. The lowest BCUT2D eigenvalue weighted by Crippen LogP contribution is -3.00. The van der Waals surface area contributed by atoms with Crippen LogP contribution < -0.4 is 12.4 Å². The minimum Gasteiger partial charge on any atom is -1.00 e. The molecule has 4 saturated carbocycles. The number of morpholine rings is 1. The molecule has 5 rings (SSSR count). The Morgan fingerprint density at radius 3 is 2.12 bits per heavy atom. The second-order valence-electron chi connectivity index (χ2n) is 9.87. The van der Waals surface area contributed by atoms with E-state index in [0.29, 0.717) is 18.6 Å². The van der Waals surface area contributed by atoms with Gasteiger partial charge in [-0.3, -0.25) is 4.90 Å². The molecule has 0 aromatic carbocycles. The zero-order chi connectivity index (χ0) is 17.4. The number of rotatable bonds is 7. The fourth-order valence-corrected chi connectivity index (χ4v) is 6.89. The molecule has 0 aromatic heterocycles. The molecular formula is C21H37ClNO3-. The van der Waals surface area contributed by atoms with E-state index in [0.717, 1.165) is 37.5 Å². The van der Waals surface area contributed by atoms with Crippen LogP contribution in [0.3, 0.4) is 0 Å². The minimum absolute atomic E-state index is 0. The number of nitrogens with zero attached hydrogens (tertiary/aromatic N) is 1. The van der Waals surface area contributed by atoms with Gasteiger partial charge in [0, 0.05) is 26.2 Å². The van der Waals surface area contributed by atoms with Gasteiger partial charge in [0.1, 0.15) is 0 Å². The van der Waals surface area contributed by atoms with Gasteiger partial charge in [-0.1, -0.05) is 0 Å². The highest BCUT2D eigenvalue weighted by Gasteiger charge is 2.50. The smallest absolute Gasteiger partial charge is 0.0900 e. The Kier molecular flexibility index (Phi) is 6.94. The largest absolute Gasteiger partial charge is 1.00 e. The van der Waals surface area contributed by atoms with Crippen molar-refractivity contribution in [3.05, 3.63) is 0 Å².